The number of rotatable bonds is 3. The Balaban J connectivity index is 2.12. The number of imidazole rings is 1. The molecule has 5 nitrogen and oxygen atoms in total. The normalized spacial score (nSPS) is 17.4. The van der Waals surface area contributed by atoms with Crippen LogP contribution >= 0.6 is 0 Å². The lowest BCUT2D eigenvalue weighted by Crippen LogP contribution is -2.30. The van der Waals surface area contributed by atoms with Gasteiger partial charge in [0.1, 0.15) is 5.52 Å². The summed E-state index contributed by atoms with van der Waals surface area (Å²) in [5.74, 6) is 4.76. The summed E-state index contributed by atoms with van der Waals surface area (Å²) in [6, 6.07) is 3.21. The highest BCUT2D eigenvalue weighted by Gasteiger charge is 2.20. The summed E-state index contributed by atoms with van der Waals surface area (Å²) >= 11 is 0. The Morgan fingerprint density at radius 3 is 3.00 bits per heavy atom. The van der Waals surface area contributed by atoms with Gasteiger partial charge in [-0.1, -0.05) is 5.92 Å². The number of benzene rings is 1. The number of hydrogen-bond acceptors (Lipinski definition) is 3. The van der Waals surface area contributed by atoms with Crippen molar-refractivity contribution in [3.63, 3.8) is 0 Å². The van der Waals surface area contributed by atoms with Crippen molar-refractivity contribution >= 4 is 17.0 Å². The number of carboxylic acids is 1. The molecule has 0 amide bonds. The Morgan fingerprint density at radius 1 is 1.60 bits per heavy atom. The van der Waals surface area contributed by atoms with Crippen molar-refractivity contribution in [1.82, 2.24) is 9.55 Å². The van der Waals surface area contributed by atoms with Crippen LogP contribution in [0.15, 0.2) is 18.5 Å². The third-order valence-corrected chi connectivity index (χ3v) is 3.43. The molecule has 1 saturated heterocycles. The number of aromatic nitrogens is 2. The lowest BCUT2D eigenvalue weighted by Gasteiger charge is -2.26. The van der Waals surface area contributed by atoms with Gasteiger partial charge in [-0.05, 0) is 25.5 Å². The average molecular weight is 270 g/mol. The first-order valence-corrected chi connectivity index (χ1v) is 6.45. The summed E-state index contributed by atoms with van der Waals surface area (Å²) in [6.45, 7) is 3.21. The first kappa shape index (κ1) is 12.7. The summed E-state index contributed by atoms with van der Waals surface area (Å²) in [5, 5.41) is 9.20. The summed E-state index contributed by atoms with van der Waals surface area (Å²) in [7, 11) is 0. The smallest absolute Gasteiger partial charge is 0.335 e. The fraction of sp³-hybridized carbons (Fsp3) is 0.333. The van der Waals surface area contributed by atoms with E-state index in [-0.39, 0.29) is 11.7 Å². The Hall–Kier alpha value is -2.32. The molecule has 0 saturated carbocycles. The topological polar surface area (TPSA) is 64.3 Å². The number of carboxylic acid groups (broad SMARTS) is 1. The second-order valence-electron chi connectivity index (χ2n) is 4.75. The van der Waals surface area contributed by atoms with E-state index in [1.165, 1.54) is 0 Å². The van der Waals surface area contributed by atoms with Gasteiger partial charge in [-0.15, -0.1) is 5.92 Å². The van der Waals surface area contributed by atoms with Crippen LogP contribution < -0.4 is 0 Å². The van der Waals surface area contributed by atoms with E-state index in [2.05, 4.69) is 16.8 Å². The fourth-order valence-corrected chi connectivity index (χ4v) is 2.31. The highest BCUT2D eigenvalue weighted by molar-refractivity contribution is 5.94. The van der Waals surface area contributed by atoms with Crippen LogP contribution in [0, 0.1) is 11.8 Å². The molecule has 1 aromatic heterocycles. The Morgan fingerprint density at radius 2 is 2.40 bits per heavy atom. The molecule has 5 heteroatoms. The lowest BCUT2D eigenvalue weighted by molar-refractivity contribution is -0.0586. The first-order valence-electron chi connectivity index (χ1n) is 6.45. The number of aromatic carboxylic acids is 1. The van der Waals surface area contributed by atoms with E-state index >= 15 is 0 Å². The zero-order chi connectivity index (χ0) is 14.1. The number of ether oxygens (including phenoxy) is 1. The molecule has 2 aromatic rings. The van der Waals surface area contributed by atoms with Crippen LogP contribution in [-0.4, -0.2) is 33.3 Å². The number of hydrogen-bond donors (Lipinski definition) is 1. The van der Waals surface area contributed by atoms with E-state index in [9.17, 15) is 9.90 Å². The minimum atomic E-state index is -0.960. The second-order valence-corrected chi connectivity index (χ2v) is 4.75. The van der Waals surface area contributed by atoms with Gasteiger partial charge in [0, 0.05) is 6.61 Å². The largest absolute Gasteiger partial charge is 0.478 e. The van der Waals surface area contributed by atoms with Crippen LogP contribution in [-0.2, 0) is 11.3 Å². The van der Waals surface area contributed by atoms with Crippen LogP contribution in [0.3, 0.4) is 0 Å². The fourth-order valence-electron chi connectivity index (χ4n) is 2.31. The maximum Gasteiger partial charge on any atom is 0.335 e. The van der Waals surface area contributed by atoms with Gasteiger partial charge in [0.05, 0.1) is 35.6 Å². The zero-order valence-corrected chi connectivity index (χ0v) is 11.1. The summed E-state index contributed by atoms with van der Waals surface area (Å²) in [4.78, 5) is 15.6. The molecular weight excluding hydrogens is 256 g/mol. The van der Waals surface area contributed by atoms with Crippen molar-refractivity contribution < 1.29 is 14.6 Å². The van der Waals surface area contributed by atoms with Crippen LogP contribution in [0.1, 0.15) is 29.3 Å². The van der Waals surface area contributed by atoms with Crippen molar-refractivity contribution in [1.29, 1.82) is 0 Å². The molecule has 0 aliphatic carbocycles. The molecule has 1 unspecified atom stereocenters. The summed E-state index contributed by atoms with van der Waals surface area (Å²) in [6.07, 6.45) is 2.94. The maximum absolute atomic E-state index is 11.2. The van der Waals surface area contributed by atoms with E-state index in [0.29, 0.717) is 12.1 Å². The predicted octanol–water partition coefficient (Wildman–Crippen LogP) is 1.89. The van der Waals surface area contributed by atoms with Crippen molar-refractivity contribution in [3.8, 4) is 11.8 Å². The predicted molar refractivity (Wildman–Crippen MR) is 73.6 cm³/mol. The highest BCUT2D eigenvalue weighted by Crippen LogP contribution is 2.22. The average Bonchev–Trinajstić information content (AvgIpc) is 2.77. The van der Waals surface area contributed by atoms with Crippen molar-refractivity contribution in [2.45, 2.75) is 26.0 Å². The molecule has 1 aliphatic heterocycles. The van der Waals surface area contributed by atoms with Crippen LogP contribution in [0.2, 0.25) is 0 Å². The van der Waals surface area contributed by atoms with Gasteiger partial charge in [0.2, 0.25) is 0 Å². The van der Waals surface area contributed by atoms with Gasteiger partial charge in [-0.3, -0.25) is 0 Å². The van der Waals surface area contributed by atoms with Gasteiger partial charge in [-0.25, -0.2) is 9.78 Å². The third-order valence-electron chi connectivity index (χ3n) is 3.43. The SMILES string of the molecule is CC#Cc1cc(C(=O)O)cc2c1ncn2CC1CCO1. The Labute approximate surface area is 116 Å². The van der Waals surface area contributed by atoms with Gasteiger partial charge in [0.15, 0.2) is 0 Å². The zero-order valence-electron chi connectivity index (χ0n) is 11.1. The van der Waals surface area contributed by atoms with Crippen LogP contribution in [0.25, 0.3) is 11.0 Å². The Kier molecular flexibility index (Phi) is 3.17. The van der Waals surface area contributed by atoms with Crippen molar-refractivity contribution in [3.05, 3.63) is 29.6 Å². The molecule has 0 radical (unpaired) electrons. The van der Waals surface area contributed by atoms with Crippen molar-refractivity contribution in [2.24, 2.45) is 0 Å². The molecule has 1 atom stereocenters. The molecule has 1 aliphatic rings. The molecular formula is C15H14N2O3. The monoisotopic (exact) mass is 270 g/mol. The number of fused-ring (bicyclic) bond motifs is 1. The standard InChI is InChI=1S/C15H14N2O3/c1-2-3-10-6-11(15(18)19)7-13-14(10)16-9-17(13)8-12-4-5-20-12/h6-7,9,12H,4-5,8H2,1H3,(H,18,19). The van der Waals surface area contributed by atoms with Gasteiger partial charge >= 0.3 is 5.97 Å². The van der Waals surface area contributed by atoms with E-state index in [4.69, 9.17) is 4.74 Å². The summed E-state index contributed by atoms with van der Waals surface area (Å²) in [5.41, 5.74) is 2.41. The van der Waals surface area contributed by atoms with Crippen LogP contribution in [0.5, 0.6) is 0 Å². The second kappa shape index (κ2) is 4.99. The summed E-state index contributed by atoms with van der Waals surface area (Å²) < 4.78 is 7.35. The first-order chi connectivity index (χ1) is 9.69. The molecule has 0 bridgehead atoms. The molecule has 1 aromatic carbocycles. The molecule has 3 rings (SSSR count). The Bertz CT molecular complexity index is 733. The minimum absolute atomic E-state index is 0.196. The van der Waals surface area contributed by atoms with E-state index in [1.807, 2.05) is 4.57 Å². The van der Waals surface area contributed by atoms with Gasteiger partial charge in [-0.2, -0.15) is 0 Å². The molecule has 1 fully saturated rings. The van der Waals surface area contributed by atoms with Gasteiger partial charge in [0.25, 0.3) is 0 Å². The van der Waals surface area contributed by atoms with E-state index in [1.54, 1.807) is 25.4 Å². The molecule has 2 heterocycles. The minimum Gasteiger partial charge on any atom is -0.478 e. The molecule has 102 valence electrons. The number of carbonyl (C=O) groups is 1. The quantitative estimate of drug-likeness (QED) is 0.865. The highest BCUT2D eigenvalue weighted by atomic mass is 16.5. The third kappa shape index (κ3) is 2.15. The number of nitrogens with zero attached hydrogens (tertiary/aromatic N) is 2. The maximum atomic E-state index is 11.2. The molecule has 1 N–H and O–H groups in total. The van der Waals surface area contributed by atoms with E-state index < -0.39 is 5.97 Å². The molecule has 20 heavy (non-hydrogen) atoms. The van der Waals surface area contributed by atoms with E-state index in [0.717, 1.165) is 24.1 Å². The van der Waals surface area contributed by atoms with Gasteiger partial charge < -0.3 is 14.4 Å². The van der Waals surface area contributed by atoms with Crippen molar-refractivity contribution in [2.75, 3.05) is 6.61 Å². The van der Waals surface area contributed by atoms with Crippen LogP contribution in [0.4, 0.5) is 0 Å². The molecule has 0 spiro atoms. The lowest BCUT2D eigenvalue weighted by atomic mass is 10.1.